The third kappa shape index (κ3) is 5.49. The molecule has 148 valence electrons. The molecule has 1 aromatic rings. The topological polar surface area (TPSA) is 118 Å². The summed E-state index contributed by atoms with van der Waals surface area (Å²) >= 11 is 0. The van der Waals surface area contributed by atoms with Crippen LogP contribution in [0.1, 0.15) is 19.4 Å². The lowest BCUT2D eigenvalue weighted by Crippen LogP contribution is -2.62. The zero-order chi connectivity index (χ0) is 20.0. The Hall–Kier alpha value is -2.49. The molecule has 1 N–H and O–H groups in total. The van der Waals surface area contributed by atoms with E-state index in [1.54, 1.807) is 12.1 Å². The van der Waals surface area contributed by atoms with Crippen molar-refractivity contribution in [2.45, 2.75) is 51.2 Å². The molecule has 0 unspecified atom stereocenters. The molecule has 0 spiro atoms. The Labute approximate surface area is 156 Å². The fourth-order valence-electron chi connectivity index (χ4n) is 2.66. The summed E-state index contributed by atoms with van der Waals surface area (Å²) in [5.74, 6) is -2.31. The minimum absolute atomic E-state index is 0.0695. The van der Waals surface area contributed by atoms with E-state index in [4.69, 9.17) is 18.9 Å². The Balaban J connectivity index is 2.27. The van der Waals surface area contributed by atoms with Crippen molar-refractivity contribution in [1.82, 2.24) is 0 Å². The molecule has 1 fully saturated rings. The second-order valence-electron chi connectivity index (χ2n) is 5.88. The van der Waals surface area contributed by atoms with Crippen LogP contribution in [0, 0.1) is 0 Å². The molecule has 9 nitrogen and oxygen atoms in total. The van der Waals surface area contributed by atoms with Crippen molar-refractivity contribution in [3.8, 4) is 0 Å². The van der Waals surface area contributed by atoms with Gasteiger partial charge in [0.05, 0.1) is 13.7 Å². The standard InChI is InChI=1S/C18H22O9/c1-10(19)25-14-13(21)15(17(22)23-3)27-18(16(14)26-11(2)20)24-9-12-7-5-4-6-8-12/h4-8,13-16,18,21H,9H2,1-3H3/t13-,14-,15-,16+,18+/m0/s1. The van der Waals surface area contributed by atoms with Crippen molar-refractivity contribution >= 4 is 17.9 Å². The molecule has 2 rings (SSSR count). The number of carbonyl (C=O) groups is 3. The van der Waals surface area contributed by atoms with Gasteiger partial charge in [0, 0.05) is 13.8 Å². The van der Waals surface area contributed by atoms with Gasteiger partial charge in [-0.3, -0.25) is 9.59 Å². The van der Waals surface area contributed by atoms with E-state index in [-0.39, 0.29) is 6.61 Å². The molecule has 1 heterocycles. The average molecular weight is 382 g/mol. The van der Waals surface area contributed by atoms with Gasteiger partial charge in [-0.1, -0.05) is 30.3 Å². The van der Waals surface area contributed by atoms with E-state index in [1.807, 2.05) is 18.2 Å². The second-order valence-corrected chi connectivity index (χ2v) is 5.88. The maximum Gasteiger partial charge on any atom is 0.338 e. The Morgan fingerprint density at radius 2 is 1.63 bits per heavy atom. The van der Waals surface area contributed by atoms with Gasteiger partial charge < -0.3 is 28.8 Å². The summed E-state index contributed by atoms with van der Waals surface area (Å²) in [6.07, 6.45) is -7.00. The summed E-state index contributed by atoms with van der Waals surface area (Å²) in [6.45, 7) is 2.35. The number of aliphatic hydroxyl groups is 1. The summed E-state index contributed by atoms with van der Waals surface area (Å²) in [5, 5.41) is 10.4. The predicted octanol–water partition coefficient (Wildman–Crippen LogP) is 0.325. The van der Waals surface area contributed by atoms with Crippen LogP contribution in [0.5, 0.6) is 0 Å². The zero-order valence-corrected chi connectivity index (χ0v) is 15.2. The number of hydrogen-bond acceptors (Lipinski definition) is 9. The predicted molar refractivity (Wildman–Crippen MR) is 89.0 cm³/mol. The van der Waals surface area contributed by atoms with Gasteiger partial charge in [0.25, 0.3) is 0 Å². The van der Waals surface area contributed by atoms with Crippen LogP contribution in [-0.2, 0) is 44.7 Å². The molecule has 0 aromatic heterocycles. The number of aliphatic hydroxyl groups excluding tert-OH is 1. The Bertz CT molecular complexity index is 660. The van der Waals surface area contributed by atoms with E-state index >= 15 is 0 Å². The molecule has 5 atom stereocenters. The van der Waals surface area contributed by atoms with Crippen molar-refractivity contribution < 1.29 is 43.2 Å². The summed E-state index contributed by atoms with van der Waals surface area (Å²) in [7, 11) is 1.12. The van der Waals surface area contributed by atoms with Crippen molar-refractivity contribution in [2.75, 3.05) is 7.11 Å². The van der Waals surface area contributed by atoms with Crippen LogP contribution in [0.4, 0.5) is 0 Å². The van der Waals surface area contributed by atoms with Gasteiger partial charge in [-0.15, -0.1) is 0 Å². The largest absolute Gasteiger partial charge is 0.467 e. The van der Waals surface area contributed by atoms with E-state index in [0.29, 0.717) is 0 Å². The molecule has 1 aromatic carbocycles. The Kier molecular flexibility index (Phi) is 7.28. The summed E-state index contributed by atoms with van der Waals surface area (Å²) in [4.78, 5) is 34.9. The van der Waals surface area contributed by atoms with E-state index in [2.05, 4.69) is 4.74 Å². The normalized spacial score (nSPS) is 27.5. The fraction of sp³-hybridized carbons (Fsp3) is 0.500. The van der Waals surface area contributed by atoms with E-state index in [1.165, 1.54) is 0 Å². The van der Waals surface area contributed by atoms with Crippen LogP contribution in [0.25, 0.3) is 0 Å². The number of hydrogen-bond donors (Lipinski definition) is 1. The molecule has 1 saturated heterocycles. The first-order valence-corrected chi connectivity index (χ1v) is 8.24. The maximum absolute atomic E-state index is 11.9. The molecule has 0 bridgehead atoms. The Morgan fingerprint density at radius 3 is 2.19 bits per heavy atom. The fourth-order valence-corrected chi connectivity index (χ4v) is 2.66. The van der Waals surface area contributed by atoms with Gasteiger partial charge in [0.2, 0.25) is 0 Å². The quantitative estimate of drug-likeness (QED) is 0.548. The number of rotatable bonds is 6. The summed E-state index contributed by atoms with van der Waals surface area (Å²) in [5.41, 5.74) is 0.799. The van der Waals surface area contributed by atoms with Gasteiger partial charge in [0.15, 0.2) is 24.6 Å². The maximum atomic E-state index is 11.9. The highest BCUT2D eigenvalue weighted by molar-refractivity contribution is 5.76. The molecule has 27 heavy (non-hydrogen) atoms. The third-order valence-electron chi connectivity index (χ3n) is 3.81. The first-order chi connectivity index (χ1) is 12.8. The molecule has 0 aliphatic carbocycles. The Morgan fingerprint density at radius 1 is 1.04 bits per heavy atom. The summed E-state index contributed by atoms with van der Waals surface area (Å²) in [6, 6.07) is 9.07. The number of methoxy groups -OCH3 is 1. The van der Waals surface area contributed by atoms with E-state index < -0.39 is 48.6 Å². The summed E-state index contributed by atoms with van der Waals surface area (Å²) < 4.78 is 26.0. The minimum Gasteiger partial charge on any atom is -0.467 e. The molecular formula is C18H22O9. The molecule has 0 radical (unpaired) electrons. The van der Waals surface area contributed by atoms with Crippen LogP contribution in [0.3, 0.4) is 0 Å². The minimum atomic E-state index is -1.61. The van der Waals surface area contributed by atoms with Crippen LogP contribution in [0.15, 0.2) is 30.3 Å². The number of ether oxygens (including phenoxy) is 5. The van der Waals surface area contributed by atoms with E-state index in [9.17, 15) is 19.5 Å². The van der Waals surface area contributed by atoms with Crippen LogP contribution >= 0.6 is 0 Å². The van der Waals surface area contributed by atoms with Gasteiger partial charge in [-0.25, -0.2) is 4.79 Å². The van der Waals surface area contributed by atoms with Gasteiger partial charge in [-0.2, -0.15) is 0 Å². The number of esters is 3. The lowest BCUT2D eigenvalue weighted by molar-refractivity contribution is -0.302. The lowest BCUT2D eigenvalue weighted by Gasteiger charge is -2.41. The van der Waals surface area contributed by atoms with E-state index in [0.717, 1.165) is 26.5 Å². The molecule has 9 heteroatoms. The first kappa shape index (κ1) is 20.8. The monoisotopic (exact) mass is 382 g/mol. The third-order valence-corrected chi connectivity index (χ3v) is 3.81. The molecular weight excluding hydrogens is 360 g/mol. The second kappa shape index (κ2) is 9.45. The number of carbonyl (C=O) groups excluding carboxylic acids is 3. The molecule has 0 amide bonds. The smallest absolute Gasteiger partial charge is 0.338 e. The van der Waals surface area contributed by atoms with Gasteiger partial charge in [0.1, 0.15) is 6.10 Å². The van der Waals surface area contributed by atoms with Gasteiger partial charge >= 0.3 is 17.9 Å². The van der Waals surface area contributed by atoms with Crippen LogP contribution in [-0.4, -0.2) is 60.8 Å². The molecule has 1 aliphatic rings. The highest BCUT2D eigenvalue weighted by Crippen LogP contribution is 2.28. The SMILES string of the molecule is COC(=O)[C@H]1O[C@@H](OCc2ccccc2)[C@H](OC(C)=O)[C@@H](OC(C)=O)[C@@H]1O. The van der Waals surface area contributed by atoms with Crippen molar-refractivity contribution in [3.63, 3.8) is 0 Å². The first-order valence-electron chi connectivity index (χ1n) is 8.24. The zero-order valence-electron chi connectivity index (χ0n) is 15.2. The van der Waals surface area contributed by atoms with Crippen molar-refractivity contribution in [1.29, 1.82) is 0 Å². The van der Waals surface area contributed by atoms with Crippen molar-refractivity contribution in [3.05, 3.63) is 35.9 Å². The lowest BCUT2D eigenvalue weighted by atomic mass is 9.98. The molecule has 0 saturated carbocycles. The average Bonchev–Trinajstić information content (AvgIpc) is 2.63. The van der Waals surface area contributed by atoms with Gasteiger partial charge in [-0.05, 0) is 5.56 Å². The molecule has 1 aliphatic heterocycles. The van der Waals surface area contributed by atoms with Crippen molar-refractivity contribution in [2.24, 2.45) is 0 Å². The highest BCUT2D eigenvalue weighted by Gasteiger charge is 2.52. The van der Waals surface area contributed by atoms with Crippen LogP contribution in [0.2, 0.25) is 0 Å². The highest BCUT2D eigenvalue weighted by atomic mass is 16.7. The van der Waals surface area contributed by atoms with Crippen LogP contribution < -0.4 is 0 Å². The number of benzene rings is 1.